The number of carbonyl (C=O) groups excluding carboxylic acids is 1. The molecule has 0 spiro atoms. The average molecular weight is 210 g/mol. The maximum atomic E-state index is 12.2. The fourth-order valence-corrected chi connectivity index (χ4v) is 3.16. The first-order valence-electron chi connectivity index (χ1n) is 6.58. The van der Waals surface area contributed by atoms with E-state index in [1.54, 1.807) is 0 Å². The summed E-state index contributed by atoms with van der Waals surface area (Å²) in [6.45, 7) is 8.85. The molecule has 0 radical (unpaired) electrons. The van der Waals surface area contributed by atoms with Crippen LogP contribution in [0.4, 0.5) is 0 Å². The third kappa shape index (κ3) is 3.62. The van der Waals surface area contributed by atoms with Crippen molar-refractivity contribution < 1.29 is 4.79 Å². The van der Waals surface area contributed by atoms with Gasteiger partial charge in [-0.3, -0.25) is 4.79 Å². The number of hydrogen-bond donors (Lipinski definition) is 0. The number of ketones is 1. The average Bonchev–Trinajstić information content (AvgIpc) is 2.15. The molecule has 0 N–H and O–H groups in total. The van der Waals surface area contributed by atoms with Gasteiger partial charge in [0.05, 0.1) is 0 Å². The van der Waals surface area contributed by atoms with E-state index in [-0.39, 0.29) is 5.92 Å². The lowest BCUT2D eigenvalue weighted by molar-refractivity contribution is -0.128. The highest BCUT2D eigenvalue weighted by Crippen LogP contribution is 2.35. The lowest BCUT2D eigenvalue weighted by Crippen LogP contribution is -2.29. The summed E-state index contributed by atoms with van der Waals surface area (Å²) < 4.78 is 0. The van der Waals surface area contributed by atoms with E-state index in [4.69, 9.17) is 0 Å². The predicted octanol–water partition coefficient (Wildman–Crippen LogP) is 4.06. The van der Waals surface area contributed by atoms with Crippen molar-refractivity contribution in [2.75, 3.05) is 0 Å². The Hall–Kier alpha value is -0.330. The molecular weight excluding hydrogens is 184 g/mol. The molecule has 0 aromatic heterocycles. The van der Waals surface area contributed by atoms with Crippen LogP contribution in [0.25, 0.3) is 0 Å². The molecular formula is C14H26O. The number of rotatable bonds is 4. The third-order valence-corrected chi connectivity index (χ3v) is 3.79. The van der Waals surface area contributed by atoms with Crippen molar-refractivity contribution in [3.8, 4) is 0 Å². The van der Waals surface area contributed by atoms with Gasteiger partial charge >= 0.3 is 0 Å². The van der Waals surface area contributed by atoms with Crippen LogP contribution in [0.15, 0.2) is 0 Å². The second-order valence-corrected chi connectivity index (χ2v) is 5.71. The zero-order chi connectivity index (χ0) is 11.4. The molecule has 0 heterocycles. The van der Waals surface area contributed by atoms with Crippen LogP contribution in [-0.4, -0.2) is 5.78 Å². The fraction of sp³-hybridized carbons (Fsp3) is 0.929. The molecule has 1 heteroatoms. The number of Topliss-reactive ketones (excluding diaryl/α,β-unsaturated/α-hetero) is 1. The quantitative estimate of drug-likeness (QED) is 0.683. The van der Waals surface area contributed by atoms with Gasteiger partial charge in [-0.1, -0.05) is 34.1 Å². The largest absolute Gasteiger partial charge is 0.299 e. The SMILES string of the molecule is CCCC(C)C(=O)C1CC(C)CC(C)C1. The summed E-state index contributed by atoms with van der Waals surface area (Å²) in [5.41, 5.74) is 0. The van der Waals surface area contributed by atoms with Gasteiger partial charge in [0.25, 0.3) is 0 Å². The van der Waals surface area contributed by atoms with E-state index < -0.39 is 0 Å². The van der Waals surface area contributed by atoms with Crippen molar-refractivity contribution in [2.24, 2.45) is 23.7 Å². The molecule has 0 saturated heterocycles. The molecule has 0 aromatic rings. The minimum atomic E-state index is 0.289. The summed E-state index contributed by atoms with van der Waals surface area (Å²) in [4.78, 5) is 12.2. The van der Waals surface area contributed by atoms with E-state index >= 15 is 0 Å². The van der Waals surface area contributed by atoms with Gasteiger partial charge in [0, 0.05) is 11.8 Å². The number of hydrogen-bond acceptors (Lipinski definition) is 1. The van der Waals surface area contributed by atoms with Crippen LogP contribution in [0, 0.1) is 23.7 Å². The summed E-state index contributed by atoms with van der Waals surface area (Å²) in [6, 6.07) is 0. The summed E-state index contributed by atoms with van der Waals surface area (Å²) in [5, 5.41) is 0. The Balaban J connectivity index is 2.51. The van der Waals surface area contributed by atoms with E-state index in [2.05, 4.69) is 27.7 Å². The molecule has 1 aliphatic rings. The minimum Gasteiger partial charge on any atom is -0.299 e. The van der Waals surface area contributed by atoms with Crippen LogP contribution < -0.4 is 0 Å². The lowest BCUT2D eigenvalue weighted by Gasteiger charge is -2.31. The normalized spacial score (nSPS) is 33.7. The van der Waals surface area contributed by atoms with E-state index in [0.717, 1.165) is 37.5 Å². The van der Waals surface area contributed by atoms with Crippen molar-refractivity contribution in [3.05, 3.63) is 0 Å². The minimum absolute atomic E-state index is 0.289. The van der Waals surface area contributed by atoms with Gasteiger partial charge in [-0.15, -0.1) is 0 Å². The van der Waals surface area contributed by atoms with Crippen LogP contribution in [0.5, 0.6) is 0 Å². The van der Waals surface area contributed by atoms with E-state index in [1.165, 1.54) is 6.42 Å². The van der Waals surface area contributed by atoms with Crippen molar-refractivity contribution in [1.29, 1.82) is 0 Å². The molecule has 1 fully saturated rings. The van der Waals surface area contributed by atoms with Gasteiger partial charge in [-0.05, 0) is 37.5 Å². The van der Waals surface area contributed by atoms with E-state index in [0.29, 0.717) is 11.7 Å². The van der Waals surface area contributed by atoms with Crippen LogP contribution >= 0.6 is 0 Å². The highest BCUT2D eigenvalue weighted by Gasteiger charge is 2.30. The van der Waals surface area contributed by atoms with Gasteiger partial charge in [0.15, 0.2) is 0 Å². The first-order valence-corrected chi connectivity index (χ1v) is 6.58. The van der Waals surface area contributed by atoms with Crippen LogP contribution in [-0.2, 0) is 4.79 Å². The maximum Gasteiger partial charge on any atom is 0.138 e. The molecule has 1 saturated carbocycles. The first-order chi connectivity index (χ1) is 7.04. The van der Waals surface area contributed by atoms with Crippen LogP contribution in [0.3, 0.4) is 0 Å². The second kappa shape index (κ2) is 5.67. The summed E-state index contributed by atoms with van der Waals surface area (Å²) in [6.07, 6.45) is 5.78. The molecule has 15 heavy (non-hydrogen) atoms. The van der Waals surface area contributed by atoms with Crippen molar-refractivity contribution in [2.45, 2.75) is 59.8 Å². The molecule has 3 unspecified atom stereocenters. The standard InChI is InChI=1S/C14H26O/c1-5-6-12(4)14(15)13-8-10(2)7-11(3)9-13/h10-13H,5-9H2,1-4H3. The topological polar surface area (TPSA) is 17.1 Å². The molecule has 0 aliphatic heterocycles. The lowest BCUT2D eigenvalue weighted by atomic mass is 9.73. The van der Waals surface area contributed by atoms with Gasteiger partial charge in [0.2, 0.25) is 0 Å². The number of carbonyl (C=O) groups is 1. The van der Waals surface area contributed by atoms with Gasteiger partial charge in [-0.2, -0.15) is 0 Å². The summed E-state index contributed by atoms with van der Waals surface area (Å²) >= 11 is 0. The Morgan fingerprint density at radius 1 is 1.20 bits per heavy atom. The van der Waals surface area contributed by atoms with Crippen LogP contribution in [0.2, 0.25) is 0 Å². The monoisotopic (exact) mass is 210 g/mol. The Morgan fingerprint density at radius 3 is 2.20 bits per heavy atom. The van der Waals surface area contributed by atoms with E-state index in [9.17, 15) is 4.79 Å². The second-order valence-electron chi connectivity index (χ2n) is 5.71. The highest BCUT2D eigenvalue weighted by molar-refractivity contribution is 5.83. The Bertz CT molecular complexity index is 199. The Labute approximate surface area is 94.6 Å². The zero-order valence-corrected chi connectivity index (χ0v) is 10.8. The first kappa shape index (κ1) is 12.7. The van der Waals surface area contributed by atoms with Crippen LogP contribution in [0.1, 0.15) is 59.8 Å². The Kier molecular flexibility index (Phi) is 4.82. The molecule has 3 atom stereocenters. The van der Waals surface area contributed by atoms with Crippen molar-refractivity contribution in [1.82, 2.24) is 0 Å². The maximum absolute atomic E-state index is 12.2. The third-order valence-electron chi connectivity index (χ3n) is 3.79. The van der Waals surface area contributed by atoms with Crippen molar-refractivity contribution in [3.63, 3.8) is 0 Å². The smallest absolute Gasteiger partial charge is 0.138 e. The highest BCUT2D eigenvalue weighted by atomic mass is 16.1. The van der Waals surface area contributed by atoms with Gasteiger partial charge < -0.3 is 0 Å². The molecule has 1 rings (SSSR count). The fourth-order valence-electron chi connectivity index (χ4n) is 3.16. The van der Waals surface area contributed by atoms with Gasteiger partial charge in [0.1, 0.15) is 5.78 Å². The molecule has 0 aromatic carbocycles. The van der Waals surface area contributed by atoms with Gasteiger partial charge in [-0.25, -0.2) is 0 Å². The summed E-state index contributed by atoms with van der Waals surface area (Å²) in [7, 11) is 0. The Morgan fingerprint density at radius 2 is 1.73 bits per heavy atom. The molecule has 0 bridgehead atoms. The molecule has 0 amide bonds. The van der Waals surface area contributed by atoms with Crippen molar-refractivity contribution >= 4 is 5.78 Å². The summed E-state index contributed by atoms with van der Waals surface area (Å²) in [5.74, 6) is 2.69. The zero-order valence-electron chi connectivity index (χ0n) is 10.8. The molecule has 1 aliphatic carbocycles. The predicted molar refractivity (Wildman–Crippen MR) is 64.7 cm³/mol. The van der Waals surface area contributed by atoms with E-state index in [1.807, 2.05) is 0 Å². The molecule has 1 nitrogen and oxygen atoms in total. The molecule has 88 valence electrons.